The molecule has 0 aliphatic carbocycles. The maximum absolute atomic E-state index is 12.3. The van der Waals surface area contributed by atoms with Crippen LogP contribution >= 0.6 is 11.6 Å². The van der Waals surface area contributed by atoms with Crippen LogP contribution in [0.3, 0.4) is 0 Å². The van der Waals surface area contributed by atoms with Crippen molar-refractivity contribution in [1.29, 1.82) is 0 Å². The van der Waals surface area contributed by atoms with Gasteiger partial charge >= 0.3 is 0 Å². The lowest BCUT2D eigenvalue weighted by Gasteiger charge is -2.48. The summed E-state index contributed by atoms with van der Waals surface area (Å²) in [5, 5.41) is 0.523. The zero-order valence-electron chi connectivity index (χ0n) is 12.2. The van der Waals surface area contributed by atoms with Crippen LogP contribution in [-0.2, 0) is 10.0 Å². The molecule has 0 aromatic heterocycles. The highest BCUT2D eigenvalue weighted by Crippen LogP contribution is 2.35. The summed E-state index contributed by atoms with van der Waals surface area (Å²) in [5.41, 5.74) is 0. The van der Waals surface area contributed by atoms with Crippen LogP contribution < -0.4 is 4.72 Å². The van der Waals surface area contributed by atoms with Crippen molar-refractivity contribution in [2.75, 3.05) is 19.6 Å². The topological polar surface area (TPSA) is 49.4 Å². The molecule has 0 amide bonds. The van der Waals surface area contributed by atoms with E-state index in [0.29, 0.717) is 23.4 Å². The van der Waals surface area contributed by atoms with E-state index in [1.807, 2.05) is 0 Å². The second kappa shape index (κ2) is 6.21. The molecule has 3 saturated heterocycles. The minimum atomic E-state index is -3.49. The fraction of sp³-hybridized carbons (Fsp3) is 0.500. The molecule has 6 heteroatoms. The summed E-state index contributed by atoms with van der Waals surface area (Å²) in [7, 11) is -3.49. The molecule has 2 bridgehead atoms. The highest BCUT2D eigenvalue weighted by Gasteiger charge is 2.39. The molecular formula is C16H19ClN2O2S. The summed E-state index contributed by atoms with van der Waals surface area (Å²) in [4.78, 5) is 2.56. The number of nitrogens with one attached hydrogen (secondary N) is 1. The van der Waals surface area contributed by atoms with Crippen molar-refractivity contribution < 1.29 is 8.42 Å². The van der Waals surface area contributed by atoms with E-state index in [1.54, 1.807) is 12.1 Å². The molecule has 4 nitrogen and oxygen atoms in total. The van der Waals surface area contributed by atoms with Gasteiger partial charge in [-0.05, 0) is 49.6 Å². The molecule has 1 N–H and O–H groups in total. The number of hydrogen-bond acceptors (Lipinski definition) is 3. The number of halogens is 1. The van der Waals surface area contributed by atoms with Crippen molar-refractivity contribution in [2.24, 2.45) is 11.8 Å². The van der Waals surface area contributed by atoms with Gasteiger partial charge in [-0.15, -0.1) is 12.3 Å². The van der Waals surface area contributed by atoms with Gasteiger partial charge in [0.25, 0.3) is 0 Å². The lowest BCUT2D eigenvalue weighted by atomic mass is 9.76. The number of terminal acetylenes is 1. The smallest absolute Gasteiger partial charge is 0.240 e. The second-order valence-corrected chi connectivity index (χ2v) is 8.22. The van der Waals surface area contributed by atoms with Gasteiger partial charge < -0.3 is 0 Å². The number of hydrogen-bond donors (Lipinski definition) is 1. The summed E-state index contributed by atoms with van der Waals surface area (Å²) in [6, 6.07) is 6.45. The van der Waals surface area contributed by atoms with Crippen LogP contribution in [0.5, 0.6) is 0 Å². The molecule has 22 heavy (non-hydrogen) atoms. The van der Waals surface area contributed by atoms with Crippen molar-refractivity contribution in [3.8, 4) is 12.3 Å². The van der Waals surface area contributed by atoms with Crippen LogP contribution in [0.2, 0.25) is 5.02 Å². The van der Waals surface area contributed by atoms with Crippen LogP contribution in [0.1, 0.15) is 12.8 Å². The minimum Gasteiger partial charge on any atom is -0.298 e. The molecule has 3 heterocycles. The van der Waals surface area contributed by atoms with E-state index in [0.717, 1.165) is 25.9 Å². The first-order chi connectivity index (χ1) is 10.5. The van der Waals surface area contributed by atoms with Crippen LogP contribution in [0.4, 0.5) is 0 Å². The Morgan fingerprint density at radius 1 is 1.36 bits per heavy atom. The van der Waals surface area contributed by atoms with Crippen molar-refractivity contribution >= 4 is 21.6 Å². The third-order valence-electron chi connectivity index (χ3n) is 4.73. The summed E-state index contributed by atoms with van der Waals surface area (Å²) >= 11 is 5.79. The first-order valence-electron chi connectivity index (χ1n) is 7.45. The molecule has 1 aromatic rings. The number of nitrogens with zero attached hydrogens (tertiary/aromatic N) is 1. The Bertz CT molecular complexity index is 681. The lowest BCUT2D eigenvalue weighted by molar-refractivity contribution is 0.0251. The number of sulfonamides is 1. The minimum absolute atomic E-state index is 0.241. The van der Waals surface area contributed by atoms with E-state index >= 15 is 0 Å². The monoisotopic (exact) mass is 338 g/mol. The molecule has 3 aliphatic heterocycles. The zero-order chi connectivity index (χ0) is 15.7. The van der Waals surface area contributed by atoms with Gasteiger partial charge in [0.2, 0.25) is 10.0 Å². The summed E-state index contributed by atoms with van der Waals surface area (Å²) in [6.45, 7) is 2.32. The summed E-state index contributed by atoms with van der Waals surface area (Å²) in [6.07, 6.45) is 7.66. The first kappa shape index (κ1) is 15.8. The van der Waals surface area contributed by atoms with Gasteiger partial charge in [-0.1, -0.05) is 11.6 Å². The lowest BCUT2D eigenvalue weighted by Crippen LogP contribution is -2.56. The van der Waals surface area contributed by atoms with Gasteiger partial charge in [-0.3, -0.25) is 4.90 Å². The summed E-state index contributed by atoms with van der Waals surface area (Å²) < 4.78 is 27.3. The van der Waals surface area contributed by atoms with E-state index in [2.05, 4.69) is 15.5 Å². The van der Waals surface area contributed by atoms with E-state index in [-0.39, 0.29) is 10.9 Å². The SMILES string of the molecule is C#C[C@H]1CN2CC[C@H]1C[C@@H]2CNS(=O)(=O)c1ccc(Cl)cc1. The molecule has 1 unspecified atom stereocenters. The number of piperidine rings is 3. The predicted molar refractivity (Wildman–Crippen MR) is 87.0 cm³/mol. The molecule has 0 saturated carbocycles. The summed E-state index contributed by atoms with van der Waals surface area (Å²) in [5.74, 6) is 3.71. The predicted octanol–water partition coefficient (Wildman–Crippen LogP) is 1.96. The van der Waals surface area contributed by atoms with Crippen LogP contribution in [0, 0.1) is 24.2 Å². The van der Waals surface area contributed by atoms with Crippen molar-refractivity contribution in [1.82, 2.24) is 9.62 Å². The third-order valence-corrected chi connectivity index (χ3v) is 6.42. The van der Waals surface area contributed by atoms with Crippen LogP contribution in [-0.4, -0.2) is 39.0 Å². The van der Waals surface area contributed by atoms with Crippen molar-refractivity contribution in [3.63, 3.8) is 0 Å². The average Bonchev–Trinajstić information content (AvgIpc) is 2.54. The van der Waals surface area contributed by atoms with E-state index < -0.39 is 10.0 Å². The molecular weight excluding hydrogens is 320 g/mol. The fourth-order valence-corrected chi connectivity index (χ4v) is 4.64. The highest BCUT2D eigenvalue weighted by atomic mass is 35.5. The van der Waals surface area contributed by atoms with Gasteiger partial charge in [-0.2, -0.15) is 0 Å². The van der Waals surface area contributed by atoms with Gasteiger partial charge in [0.15, 0.2) is 0 Å². The normalized spacial score (nSPS) is 30.9. The highest BCUT2D eigenvalue weighted by molar-refractivity contribution is 7.89. The van der Waals surface area contributed by atoms with Crippen LogP contribution in [0.15, 0.2) is 29.2 Å². The van der Waals surface area contributed by atoms with E-state index in [4.69, 9.17) is 18.0 Å². The van der Waals surface area contributed by atoms with Crippen molar-refractivity contribution in [2.45, 2.75) is 23.8 Å². The molecule has 3 fully saturated rings. The molecule has 1 aromatic carbocycles. The van der Waals surface area contributed by atoms with Gasteiger partial charge in [0.1, 0.15) is 0 Å². The average molecular weight is 339 g/mol. The number of fused-ring (bicyclic) bond motifs is 3. The molecule has 0 spiro atoms. The van der Waals surface area contributed by atoms with Crippen molar-refractivity contribution in [3.05, 3.63) is 29.3 Å². The standard InChI is InChI=1S/C16H19ClN2O2S/c1-2-12-11-19-8-7-13(12)9-15(19)10-18-22(20,21)16-5-3-14(17)4-6-16/h1,3-6,12-13,15,18H,7-11H2/t12-,13-,15+/m0/s1. The molecule has 3 aliphatic rings. The maximum Gasteiger partial charge on any atom is 0.240 e. The molecule has 4 atom stereocenters. The molecule has 0 radical (unpaired) electrons. The van der Waals surface area contributed by atoms with Gasteiger partial charge in [0, 0.05) is 30.1 Å². The zero-order valence-corrected chi connectivity index (χ0v) is 13.8. The Labute approximate surface area is 136 Å². The Hall–Kier alpha value is -1.06. The Morgan fingerprint density at radius 3 is 2.68 bits per heavy atom. The first-order valence-corrected chi connectivity index (χ1v) is 9.31. The van der Waals surface area contributed by atoms with Crippen LogP contribution in [0.25, 0.3) is 0 Å². The van der Waals surface area contributed by atoms with Gasteiger partial charge in [0.05, 0.1) is 4.90 Å². The largest absolute Gasteiger partial charge is 0.298 e. The number of rotatable bonds is 4. The molecule has 4 rings (SSSR count). The maximum atomic E-state index is 12.3. The fourth-order valence-electron chi connectivity index (χ4n) is 3.44. The Kier molecular flexibility index (Phi) is 4.47. The number of benzene rings is 1. The third kappa shape index (κ3) is 3.16. The second-order valence-electron chi connectivity index (χ2n) is 6.01. The molecule has 118 valence electrons. The van der Waals surface area contributed by atoms with E-state index in [9.17, 15) is 8.42 Å². The van der Waals surface area contributed by atoms with Gasteiger partial charge in [-0.25, -0.2) is 13.1 Å². The Balaban J connectivity index is 1.63. The Morgan fingerprint density at radius 2 is 2.09 bits per heavy atom. The quantitative estimate of drug-likeness (QED) is 0.854. The van der Waals surface area contributed by atoms with E-state index in [1.165, 1.54) is 12.1 Å².